The van der Waals surface area contributed by atoms with Crippen LogP contribution in [0, 0.1) is 5.92 Å². The molecule has 0 amide bonds. The highest BCUT2D eigenvalue weighted by atomic mass is 32.2. The molecule has 0 atom stereocenters. The number of hydrogen-bond donors (Lipinski definition) is 1. The highest BCUT2D eigenvalue weighted by Gasteiger charge is 2.14. The van der Waals surface area contributed by atoms with Gasteiger partial charge in [0.25, 0.3) is 0 Å². The van der Waals surface area contributed by atoms with E-state index < -0.39 is 5.97 Å². The summed E-state index contributed by atoms with van der Waals surface area (Å²) in [5.74, 6) is 0.723. The fourth-order valence-electron chi connectivity index (χ4n) is 1.75. The minimum absolute atomic E-state index is 0.113. The van der Waals surface area contributed by atoms with E-state index >= 15 is 0 Å². The third kappa shape index (κ3) is 3.71. The maximum atomic E-state index is 10.8. The number of carboxylic acid groups (broad SMARTS) is 1. The molecular formula is C12H15NO3S. The fourth-order valence-corrected chi connectivity index (χ4v) is 2.86. The fraction of sp³-hybridized carbons (Fsp3) is 0.500. The van der Waals surface area contributed by atoms with Gasteiger partial charge >= 0.3 is 5.97 Å². The zero-order valence-electron chi connectivity index (χ0n) is 9.46. The largest absolute Gasteiger partial charge is 0.477 e. The highest BCUT2D eigenvalue weighted by molar-refractivity contribution is 7.99. The predicted molar refractivity (Wildman–Crippen MR) is 65.5 cm³/mol. The molecule has 2 heterocycles. The molecule has 92 valence electrons. The standard InChI is InChI=1S/C12H15NO3S/c14-12(15)11-7-10(1-4-13-11)17-8-9-2-5-16-6-3-9/h1,4,7,9H,2-3,5-6,8H2,(H,14,15). The molecule has 1 aromatic rings. The summed E-state index contributed by atoms with van der Waals surface area (Å²) >= 11 is 1.70. The molecule has 4 nitrogen and oxygen atoms in total. The topological polar surface area (TPSA) is 59.4 Å². The van der Waals surface area contributed by atoms with Crippen molar-refractivity contribution in [2.45, 2.75) is 17.7 Å². The van der Waals surface area contributed by atoms with Crippen LogP contribution in [0.5, 0.6) is 0 Å². The lowest BCUT2D eigenvalue weighted by Crippen LogP contribution is -2.17. The molecule has 0 unspecified atom stereocenters. The lowest BCUT2D eigenvalue weighted by atomic mass is 10.0. The number of rotatable bonds is 4. The van der Waals surface area contributed by atoms with Crippen LogP contribution in [0.2, 0.25) is 0 Å². The van der Waals surface area contributed by atoms with Gasteiger partial charge in [0.15, 0.2) is 0 Å². The first-order valence-electron chi connectivity index (χ1n) is 5.65. The van der Waals surface area contributed by atoms with Crippen LogP contribution in [0.4, 0.5) is 0 Å². The van der Waals surface area contributed by atoms with E-state index in [0.717, 1.165) is 36.7 Å². The van der Waals surface area contributed by atoms with Crippen molar-refractivity contribution in [2.24, 2.45) is 5.92 Å². The van der Waals surface area contributed by atoms with E-state index in [2.05, 4.69) is 4.98 Å². The second-order valence-electron chi connectivity index (χ2n) is 4.05. The number of thioether (sulfide) groups is 1. The second-order valence-corrected chi connectivity index (χ2v) is 5.14. The summed E-state index contributed by atoms with van der Waals surface area (Å²) in [5.41, 5.74) is 0.113. The number of carbonyl (C=O) groups is 1. The van der Waals surface area contributed by atoms with Crippen molar-refractivity contribution in [1.82, 2.24) is 4.98 Å². The van der Waals surface area contributed by atoms with Crippen LogP contribution in [0.25, 0.3) is 0 Å². The van der Waals surface area contributed by atoms with E-state index in [9.17, 15) is 4.79 Å². The number of ether oxygens (including phenoxy) is 1. The minimum atomic E-state index is -0.974. The Balaban J connectivity index is 1.89. The number of carboxylic acids is 1. The van der Waals surface area contributed by atoms with Crippen LogP contribution < -0.4 is 0 Å². The first-order valence-corrected chi connectivity index (χ1v) is 6.64. The number of nitrogens with zero attached hydrogens (tertiary/aromatic N) is 1. The average Bonchev–Trinajstić information content (AvgIpc) is 2.38. The Kier molecular flexibility index (Phi) is 4.39. The van der Waals surface area contributed by atoms with Gasteiger partial charge in [0, 0.05) is 30.1 Å². The van der Waals surface area contributed by atoms with Crippen LogP contribution in [-0.2, 0) is 4.74 Å². The van der Waals surface area contributed by atoms with Crippen LogP contribution >= 0.6 is 11.8 Å². The lowest BCUT2D eigenvalue weighted by molar-refractivity contribution is 0.0690. The van der Waals surface area contributed by atoms with Crippen molar-refractivity contribution >= 4 is 17.7 Å². The highest BCUT2D eigenvalue weighted by Crippen LogP contribution is 2.25. The van der Waals surface area contributed by atoms with Crippen LogP contribution in [0.1, 0.15) is 23.3 Å². The van der Waals surface area contributed by atoms with Gasteiger partial charge in [-0.1, -0.05) is 0 Å². The van der Waals surface area contributed by atoms with Gasteiger partial charge in [-0.05, 0) is 30.9 Å². The first-order chi connectivity index (χ1) is 8.25. The van der Waals surface area contributed by atoms with Gasteiger partial charge in [-0.2, -0.15) is 0 Å². The number of pyridine rings is 1. The maximum absolute atomic E-state index is 10.8. The lowest BCUT2D eigenvalue weighted by Gasteiger charge is -2.21. The summed E-state index contributed by atoms with van der Waals surface area (Å²) in [6.07, 6.45) is 3.75. The van der Waals surface area contributed by atoms with Crippen LogP contribution in [0.15, 0.2) is 23.2 Å². The number of aromatic carboxylic acids is 1. The molecule has 1 aromatic heterocycles. The van der Waals surface area contributed by atoms with E-state index in [1.165, 1.54) is 0 Å². The predicted octanol–water partition coefficient (Wildman–Crippen LogP) is 2.30. The van der Waals surface area contributed by atoms with Crippen molar-refractivity contribution < 1.29 is 14.6 Å². The summed E-state index contributed by atoms with van der Waals surface area (Å²) < 4.78 is 5.31. The van der Waals surface area contributed by atoms with Gasteiger partial charge in [-0.3, -0.25) is 0 Å². The van der Waals surface area contributed by atoms with Crippen molar-refractivity contribution in [1.29, 1.82) is 0 Å². The van der Waals surface area contributed by atoms with Crippen molar-refractivity contribution in [2.75, 3.05) is 19.0 Å². The average molecular weight is 253 g/mol. The van der Waals surface area contributed by atoms with E-state index in [1.54, 1.807) is 24.0 Å². The van der Waals surface area contributed by atoms with Crippen molar-refractivity contribution in [3.8, 4) is 0 Å². The van der Waals surface area contributed by atoms with E-state index in [1.807, 2.05) is 6.07 Å². The van der Waals surface area contributed by atoms with Crippen molar-refractivity contribution in [3.05, 3.63) is 24.0 Å². The SMILES string of the molecule is O=C(O)c1cc(SCC2CCOCC2)ccn1. The minimum Gasteiger partial charge on any atom is -0.477 e. The zero-order chi connectivity index (χ0) is 12.1. The molecule has 0 aliphatic carbocycles. The van der Waals surface area contributed by atoms with Crippen LogP contribution in [0.3, 0.4) is 0 Å². The molecule has 5 heteroatoms. The molecule has 1 saturated heterocycles. The summed E-state index contributed by atoms with van der Waals surface area (Å²) in [7, 11) is 0. The quantitative estimate of drug-likeness (QED) is 0.834. The molecule has 17 heavy (non-hydrogen) atoms. The smallest absolute Gasteiger partial charge is 0.354 e. The summed E-state index contributed by atoms with van der Waals surface area (Å²) in [6.45, 7) is 1.70. The zero-order valence-corrected chi connectivity index (χ0v) is 10.3. The Morgan fingerprint density at radius 2 is 2.29 bits per heavy atom. The Morgan fingerprint density at radius 1 is 1.53 bits per heavy atom. The molecule has 0 aromatic carbocycles. The van der Waals surface area contributed by atoms with Gasteiger partial charge in [-0.25, -0.2) is 9.78 Å². The third-order valence-corrected chi connectivity index (χ3v) is 4.00. The van der Waals surface area contributed by atoms with Crippen molar-refractivity contribution in [3.63, 3.8) is 0 Å². The summed E-state index contributed by atoms with van der Waals surface area (Å²) in [4.78, 5) is 15.5. The second kappa shape index (κ2) is 6.02. The van der Waals surface area contributed by atoms with Gasteiger partial charge < -0.3 is 9.84 Å². The molecule has 1 aliphatic heterocycles. The normalized spacial score (nSPS) is 16.9. The monoisotopic (exact) mass is 253 g/mol. The molecule has 0 bridgehead atoms. The van der Waals surface area contributed by atoms with Crippen LogP contribution in [-0.4, -0.2) is 35.0 Å². The van der Waals surface area contributed by atoms with Gasteiger partial charge in [0.1, 0.15) is 5.69 Å². The van der Waals surface area contributed by atoms with E-state index in [-0.39, 0.29) is 5.69 Å². The number of hydrogen-bond acceptors (Lipinski definition) is 4. The van der Waals surface area contributed by atoms with Gasteiger partial charge in [0.2, 0.25) is 0 Å². The number of aromatic nitrogens is 1. The van der Waals surface area contributed by atoms with Gasteiger partial charge in [0.05, 0.1) is 0 Å². The Morgan fingerprint density at radius 3 is 3.00 bits per heavy atom. The molecule has 2 rings (SSSR count). The Bertz CT molecular complexity index is 391. The third-order valence-electron chi connectivity index (χ3n) is 2.78. The maximum Gasteiger partial charge on any atom is 0.354 e. The molecule has 1 aliphatic rings. The first kappa shape index (κ1) is 12.4. The molecule has 0 spiro atoms. The molecule has 0 radical (unpaired) electrons. The van der Waals surface area contributed by atoms with Gasteiger partial charge in [-0.15, -0.1) is 11.8 Å². The Hall–Kier alpha value is -1.07. The molecule has 1 fully saturated rings. The molecule has 1 N–H and O–H groups in total. The Labute approximate surface area is 104 Å². The molecular weight excluding hydrogens is 238 g/mol. The summed E-state index contributed by atoms with van der Waals surface area (Å²) in [5, 5.41) is 8.84. The van der Waals surface area contributed by atoms with E-state index in [0.29, 0.717) is 5.92 Å². The molecule has 0 saturated carbocycles. The van der Waals surface area contributed by atoms with E-state index in [4.69, 9.17) is 9.84 Å². The summed E-state index contributed by atoms with van der Waals surface area (Å²) in [6, 6.07) is 3.49.